The van der Waals surface area contributed by atoms with Crippen molar-refractivity contribution in [1.29, 1.82) is 0 Å². The lowest BCUT2D eigenvalue weighted by Crippen LogP contribution is -2.61. The van der Waals surface area contributed by atoms with E-state index in [-0.39, 0.29) is 5.91 Å². The zero-order valence-corrected chi connectivity index (χ0v) is 17.5. The van der Waals surface area contributed by atoms with Gasteiger partial charge < -0.3 is 21.1 Å². The first-order chi connectivity index (χ1) is 15.0. The van der Waals surface area contributed by atoms with E-state index >= 15 is 0 Å². The third kappa shape index (κ3) is 4.51. The molecule has 31 heavy (non-hydrogen) atoms. The molecule has 0 atom stereocenters. The molecule has 160 valence electrons. The van der Waals surface area contributed by atoms with Gasteiger partial charge in [-0.1, -0.05) is 18.2 Å². The molecule has 3 aromatic rings. The van der Waals surface area contributed by atoms with Crippen molar-refractivity contribution in [1.82, 2.24) is 15.6 Å². The van der Waals surface area contributed by atoms with Gasteiger partial charge in [-0.25, -0.2) is 0 Å². The van der Waals surface area contributed by atoms with Gasteiger partial charge >= 0.3 is 0 Å². The van der Waals surface area contributed by atoms with Crippen molar-refractivity contribution in [2.75, 3.05) is 13.1 Å². The molecule has 0 aliphatic carbocycles. The molecule has 7 heteroatoms. The molecule has 2 amide bonds. The van der Waals surface area contributed by atoms with E-state index in [1.54, 1.807) is 24.3 Å². The smallest absolute Gasteiger partial charge is 0.252 e. The van der Waals surface area contributed by atoms with Gasteiger partial charge in [0, 0.05) is 22.2 Å². The van der Waals surface area contributed by atoms with E-state index in [1.165, 1.54) is 0 Å². The summed E-state index contributed by atoms with van der Waals surface area (Å²) < 4.78 is 5.96. The van der Waals surface area contributed by atoms with Crippen molar-refractivity contribution in [2.45, 2.75) is 31.9 Å². The van der Waals surface area contributed by atoms with E-state index < -0.39 is 11.4 Å². The molecule has 0 unspecified atom stereocenters. The normalized spacial score (nSPS) is 15.4. The molecule has 4 rings (SSSR count). The topological polar surface area (TPSA) is 106 Å². The summed E-state index contributed by atoms with van der Waals surface area (Å²) in [6, 6.07) is 16.9. The van der Waals surface area contributed by atoms with Gasteiger partial charge in [-0.15, -0.1) is 0 Å². The second-order valence-electron chi connectivity index (χ2n) is 7.90. The molecule has 0 spiro atoms. The van der Waals surface area contributed by atoms with Crippen LogP contribution in [0, 0.1) is 6.92 Å². The summed E-state index contributed by atoms with van der Waals surface area (Å²) in [4.78, 5) is 29.3. The fourth-order valence-corrected chi connectivity index (χ4v) is 3.95. The van der Waals surface area contributed by atoms with Gasteiger partial charge in [0.05, 0.1) is 5.52 Å². The molecule has 1 aromatic heterocycles. The second-order valence-corrected chi connectivity index (χ2v) is 7.90. The molecule has 0 radical (unpaired) electrons. The Morgan fingerprint density at radius 3 is 2.55 bits per heavy atom. The molecule has 0 bridgehead atoms. The SMILES string of the molecule is Cc1cc(COc2ccc(C(=O)NC3(C(N)=O)CCNCC3)cc2)c2ccccc2n1. The highest BCUT2D eigenvalue weighted by Crippen LogP contribution is 2.22. The van der Waals surface area contributed by atoms with Gasteiger partial charge in [0.15, 0.2) is 0 Å². The fourth-order valence-electron chi connectivity index (χ4n) is 3.95. The lowest BCUT2D eigenvalue weighted by atomic mass is 9.87. The number of primary amides is 1. The minimum atomic E-state index is -1.00. The predicted molar refractivity (Wildman–Crippen MR) is 119 cm³/mol. The van der Waals surface area contributed by atoms with Gasteiger partial charge in [-0.2, -0.15) is 0 Å². The first kappa shape index (κ1) is 20.8. The number of para-hydroxylation sites is 1. The number of hydrogen-bond acceptors (Lipinski definition) is 5. The average Bonchev–Trinajstić information content (AvgIpc) is 2.78. The fraction of sp³-hybridized carbons (Fsp3) is 0.292. The van der Waals surface area contributed by atoms with Crippen LogP contribution in [0.3, 0.4) is 0 Å². The van der Waals surface area contributed by atoms with Crippen LogP contribution in [0.2, 0.25) is 0 Å². The van der Waals surface area contributed by atoms with Crippen LogP contribution in [0.25, 0.3) is 10.9 Å². The Bertz CT molecular complexity index is 1110. The van der Waals surface area contributed by atoms with E-state index in [0.29, 0.717) is 43.9 Å². The first-order valence-electron chi connectivity index (χ1n) is 10.4. The largest absolute Gasteiger partial charge is 0.489 e. The number of ether oxygens (including phenoxy) is 1. The summed E-state index contributed by atoms with van der Waals surface area (Å²) in [6.45, 7) is 3.64. The van der Waals surface area contributed by atoms with Crippen molar-refractivity contribution < 1.29 is 14.3 Å². The van der Waals surface area contributed by atoms with Gasteiger partial charge in [0.25, 0.3) is 5.91 Å². The maximum absolute atomic E-state index is 12.7. The van der Waals surface area contributed by atoms with Gasteiger partial charge in [0.1, 0.15) is 17.9 Å². The van der Waals surface area contributed by atoms with Crippen LogP contribution in [-0.4, -0.2) is 35.4 Å². The zero-order valence-electron chi connectivity index (χ0n) is 17.5. The molecule has 2 heterocycles. The van der Waals surface area contributed by atoms with Crippen LogP contribution < -0.4 is 21.1 Å². The summed E-state index contributed by atoms with van der Waals surface area (Å²) >= 11 is 0. The molecular formula is C24H26N4O3. The number of nitrogens with one attached hydrogen (secondary N) is 2. The summed E-state index contributed by atoms with van der Waals surface area (Å²) in [5, 5.41) is 7.09. The summed E-state index contributed by atoms with van der Waals surface area (Å²) in [5.41, 5.74) is 7.97. The Balaban J connectivity index is 1.44. The van der Waals surface area contributed by atoms with Crippen molar-refractivity contribution in [3.05, 3.63) is 71.4 Å². The van der Waals surface area contributed by atoms with Crippen LogP contribution in [0.5, 0.6) is 5.75 Å². The molecule has 7 nitrogen and oxygen atoms in total. The number of fused-ring (bicyclic) bond motifs is 1. The third-order valence-corrected chi connectivity index (χ3v) is 5.72. The van der Waals surface area contributed by atoms with Gasteiger partial charge in [-0.3, -0.25) is 14.6 Å². The minimum absolute atomic E-state index is 0.317. The van der Waals surface area contributed by atoms with Crippen LogP contribution >= 0.6 is 0 Å². The van der Waals surface area contributed by atoms with Crippen molar-refractivity contribution in [3.8, 4) is 5.75 Å². The highest BCUT2D eigenvalue weighted by Gasteiger charge is 2.39. The number of pyridine rings is 1. The molecule has 1 saturated heterocycles. The predicted octanol–water partition coefficient (Wildman–Crippen LogP) is 2.46. The Kier molecular flexibility index (Phi) is 5.86. The number of piperidine rings is 1. The van der Waals surface area contributed by atoms with Crippen molar-refractivity contribution in [2.24, 2.45) is 5.73 Å². The van der Waals surface area contributed by atoms with Crippen molar-refractivity contribution in [3.63, 3.8) is 0 Å². The van der Waals surface area contributed by atoms with Crippen LogP contribution in [0.1, 0.15) is 34.5 Å². The number of nitrogens with two attached hydrogens (primary N) is 1. The number of rotatable bonds is 6. The monoisotopic (exact) mass is 418 g/mol. The average molecular weight is 418 g/mol. The quantitative estimate of drug-likeness (QED) is 0.570. The Morgan fingerprint density at radius 1 is 1.13 bits per heavy atom. The Morgan fingerprint density at radius 2 is 1.84 bits per heavy atom. The maximum atomic E-state index is 12.7. The molecule has 1 aliphatic heterocycles. The molecule has 1 fully saturated rings. The molecule has 0 saturated carbocycles. The van der Waals surface area contributed by atoms with Gasteiger partial charge in [0.2, 0.25) is 5.91 Å². The van der Waals surface area contributed by atoms with Gasteiger partial charge in [-0.05, 0) is 69.3 Å². The Labute approximate surface area is 181 Å². The number of carbonyl (C=O) groups is 2. The number of aromatic nitrogens is 1. The van der Waals surface area contributed by atoms with Crippen molar-refractivity contribution >= 4 is 22.7 Å². The third-order valence-electron chi connectivity index (χ3n) is 5.72. The zero-order chi connectivity index (χ0) is 21.8. The molecule has 4 N–H and O–H groups in total. The van der Waals surface area contributed by atoms with E-state index in [1.807, 2.05) is 37.3 Å². The highest BCUT2D eigenvalue weighted by atomic mass is 16.5. The lowest BCUT2D eigenvalue weighted by Gasteiger charge is -2.35. The molecule has 2 aromatic carbocycles. The van der Waals surface area contributed by atoms with Crippen LogP contribution in [0.15, 0.2) is 54.6 Å². The number of aryl methyl sites for hydroxylation is 1. The summed E-state index contributed by atoms with van der Waals surface area (Å²) in [5.74, 6) is -0.160. The lowest BCUT2D eigenvalue weighted by molar-refractivity contribution is -0.125. The van der Waals surface area contributed by atoms with E-state index in [4.69, 9.17) is 10.5 Å². The standard InChI is InChI=1S/C24H26N4O3/c1-16-14-18(20-4-2-3-5-21(20)27-16)15-31-19-8-6-17(7-9-19)22(29)28-24(23(25)30)10-12-26-13-11-24/h2-9,14,26H,10-13,15H2,1H3,(H2,25,30)(H,28,29). The molecule has 1 aliphatic rings. The maximum Gasteiger partial charge on any atom is 0.252 e. The highest BCUT2D eigenvalue weighted by molar-refractivity contribution is 5.99. The number of carbonyl (C=O) groups excluding carboxylic acids is 2. The Hall–Kier alpha value is -3.45. The number of nitrogens with zero attached hydrogens (tertiary/aromatic N) is 1. The number of hydrogen-bond donors (Lipinski definition) is 3. The minimum Gasteiger partial charge on any atom is -0.489 e. The summed E-state index contributed by atoms with van der Waals surface area (Å²) in [6.07, 6.45) is 0.961. The number of amides is 2. The van der Waals surface area contributed by atoms with E-state index in [9.17, 15) is 9.59 Å². The van der Waals surface area contributed by atoms with Crippen LogP contribution in [0.4, 0.5) is 0 Å². The number of benzene rings is 2. The van der Waals surface area contributed by atoms with Crippen LogP contribution in [-0.2, 0) is 11.4 Å². The second kappa shape index (κ2) is 8.73. The van der Waals surface area contributed by atoms with E-state index in [0.717, 1.165) is 22.2 Å². The first-order valence-corrected chi connectivity index (χ1v) is 10.4. The summed E-state index contributed by atoms with van der Waals surface area (Å²) in [7, 11) is 0. The van der Waals surface area contributed by atoms with E-state index in [2.05, 4.69) is 15.6 Å². The molecular weight excluding hydrogens is 392 g/mol.